The van der Waals surface area contributed by atoms with Crippen LogP contribution in [0.5, 0.6) is 0 Å². The maximum atomic E-state index is 11.7. The van der Waals surface area contributed by atoms with Crippen LogP contribution in [0.3, 0.4) is 0 Å². The van der Waals surface area contributed by atoms with Crippen molar-refractivity contribution in [2.24, 2.45) is 0 Å². The molecule has 5 heteroatoms. The molecule has 78 valence electrons. The fourth-order valence-corrected chi connectivity index (χ4v) is 0.733. The van der Waals surface area contributed by atoms with Gasteiger partial charge < -0.3 is 10.4 Å². The molecule has 0 fully saturated rings. The number of nitrogens with one attached hydrogen (secondary N) is 1. The van der Waals surface area contributed by atoms with Crippen molar-refractivity contribution >= 4 is 5.91 Å². The molecule has 1 amide bonds. The normalized spacial score (nSPS) is 13.0. The highest BCUT2D eigenvalue weighted by atomic mass is 19.3. The third-order valence-electron chi connectivity index (χ3n) is 1.56. The van der Waals surface area contributed by atoms with Crippen molar-refractivity contribution in [3.05, 3.63) is 0 Å². The number of carbonyl (C=O) groups is 1. The Kier molecular flexibility index (Phi) is 6.40. The van der Waals surface area contributed by atoms with Gasteiger partial charge >= 0.3 is 0 Å². The first-order valence-electron chi connectivity index (χ1n) is 4.30. The molecule has 1 unspecified atom stereocenters. The van der Waals surface area contributed by atoms with E-state index in [1.165, 1.54) is 0 Å². The van der Waals surface area contributed by atoms with Gasteiger partial charge in [-0.05, 0) is 6.42 Å². The number of aliphatic hydroxyl groups excluding tert-OH is 1. The number of aliphatic hydroxyl groups is 1. The lowest BCUT2D eigenvalue weighted by atomic mass is 10.2. The SMILES string of the molecule is CCCCC(=O)NCC(O)C(F)F. The summed E-state index contributed by atoms with van der Waals surface area (Å²) >= 11 is 0. The molecule has 0 aromatic rings. The zero-order valence-electron chi connectivity index (χ0n) is 7.59. The fraction of sp³-hybridized carbons (Fsp3) is 0.875. The van der Waals surface area contributed by atoms with Gasteiger partial charge in [0.15, 0.2) is 0 Å². The quantitative estimate of drug-likeness (QED) is 0.662. The van der Waals surface area contributed by atoms with Gasteiger partial charge in [0.2, 0.25) is 5.91 Å². The maximum absolute atomic E-state index is 11.7. The minimum atomic E-state index is -2.80. The van der Waals surface area contributed by atoms with Gasteiger partial charge in [-0.15, -0.1) is 0 Å². The molecular formula is C8H15F2NO2. The van der Waals surface area contributed by atoms with E-state index in [-0.39, 0.29) is 12.5 Å². The minimum absolute atomic E-state index is 0.290. The summed E-state index contributed by atoms with van der Waals surface area (Å²) in [5.74, 6) is -0.290. The van der Waals surface area contributed by atoms with Gasteiger partial charge in [0.25, 0.3) is 6.43 Å². The molecule has 0 radical (unpaired) electrons. The number of unbranched alkanes of at least 4 members (excludes halogenated alkanes) is 1. The van der Waals surface area contributed by atoms with E-state index in [4.69, 9.17) is 5.11 Å². The third kappa shape index (κ3) is 6.45. The molecule has 0 bridgehead atoms. The molecule has 0 rings (SSSR count). The van der Waals surface area contributed by atoms with Gasteiger partial charge in [0.05, 0.1) is 0 Å². The highest BCUT2D eigenvalue weighted by molar-refractivity contribution is 5.75. The Morgan fingerprint density at radius 1 is 1.54 bits per heavy atom. The summed E-state index contributed by atoms with van der Waals surface area (Å²) in [6.45, 7) is 1.56. The number of rotatable bonds is 6. The molecule has 0 saturated heterocycles. The van der Waals surface area contributed by atoms with Crippen molar-refractivity contribution in [1.82, 2.24) is 5.32 Å². The van der Waals surface area contributed by atoms with Crippen LogP contribution >= 0.6 is 0 Å². The van der Waals surface area contributed by atoms with E-state index in [9.17, 15) is 13.6 Å². The van der Waals surface area contributed by atoms with Crippen LogP contribution in [0, 0.1) is 0 Å². The number of hydrogen-bond donors (Lipinski definition) is 2. The average molecular weight is 195 g/mol. The molecule has 13 heavy (non-hydrogen) atoms. The van der Waals surface area contributed by atoms with Gasteiger partial charge in [-0.3, -0.25) is 4.79 Å². The molecule has 2 N–H and O–H groups in total. The van der Waals surface area contributed by atoms with E-state index < -0.39 is 12.5 Å². The summed E-state index contributed by atoms with van der Waals surface area (Å²) in [4.78, 5) is 10.9. The van der Waals surface area contributed by atoms with Crippen LogP contribution in [0.15, 0.2) is 0 Å². The van der Waals surface area contributed by atoms with Crippen molar-refractivity contribution in [2.45, 2.75) is 38.7 Å². The van der Waals surface area contributed by atoms with Crippen LogP contribution in [0.25, 0.3) is 0 Å². The third-order valence-corrected chi connectivity index (χ3v) is 1.56. The maximum Gasteiger partial charge on any atom is 0.265 e. The molecule has 0 aliphatic carbocycles. The van der Waals surface area contributed by atoms with Gasteiger partial charge in [0.1, 0.15) is 6.10 Å². The lowest BCUT2D eigenvalue weighted by molar-refractivity contribution is -0.122. The van der Waals surface area contributed by atoms with Gasteiger partial charge in [-0.2, -0.15) is 0 Å². The van der Waals surface area contributed by atoms with E-state index in [1.807, 2.05) is 6.92 Å². The van der Waals surface area contributed by atoms with Crippen LogP contribution in [0.2, 0.25) is 0 Å². The molecule has 0 aliphatic rings. The molecule has 1 atom stereocenters. The van der Waals surface area contributed by atoms with Gasteiger partial charge in [0, 0.05) is 13.0 Å². The number of hydrogen-bond acceptors (Lipinski definition) is 2. The predicted octanol–water partition coefficient (Wildman–Crippen LogP) is 0.919. The lowest BCUT2D eigenvalue weighted by Crippen LogP contribution is -2.35. The van der Waals surface area contributed by atoms with E-state index in [1.54, 1.807) is 0 Å². The summed E-state index contributed by atoms with van der Waals surface area (Å²) < 4.78 is 23.5. The molecule has 0 aromatic heterocycles. The van der Waals surface area contributed by atoms with Crippen LogP contribution < -0.4 is 5.32 Å². The number of carbonyl (C=O) groups excluding carboxylic acids is 1. The first-order valence-corrected chi connectivity index (χ1v) is 4.30. The Morgan fingerprint density at radius 3 is 2.62 bits per heavy atom. The Morgan fingerprint density at radius 2 is 2.15 bits per heavy atom. The first kappa shape index (κ1) is 12.3. The Bertz CT molecular complexity index is 153. The number of alkyl halides is 2. The zero-order chi connectivity index (χ0) is 10.3. The minimum Gasteiger partial charge on any atom is -0.385 e. The van der Waals surface area contributed by atoms with Crippen LogP contribution in [0.4, 0.5) is 8.78 Å². The van der Waals surface area contributed by atoms with Crippen molar-refractivity contribution < 1.29 is 18.7 Å². The van der Waals surface area contributed by atoms with Crippen LogP contribution in [0.1, 0.15) is 26.2 Å². The average Bonchev–Trinajstić information content (AvgIpc) is 2.10. The number of halogens is 2. The Labute approximate surface area is 76.1 Å². The van der Waals surface area contributed by atoms with Gasteiger partial charge in [-0.25, -0.2) is 8.78 Å². The topological polar surface area (TPSA) is 49.3 Å². The smallest absolute Gasteiger partial charge is 0.265 e. The molecule has 0 heterocycles. The molecule has 0 aliphatic heterocycles. The van der Waals surface area contributed by atoms with Crippen molar-refractivity contribution in [3.8, 4) is 0 Å². The summed E-state index contributed by atoms with van der Waals surface area (Å²) in [7, 11) is 0. The monoisotopic (exact) mass is 195 g/mol. The second-order valence-electron chi connectivity index (χ2n) is 2.81. The molecular weight excluding hydrogens is 180 g/mol. The van der Waals surface area contributed by atoms with Crippen molar-refractivity contribution in [1.29, 1.82) is 0 Å². The molecule has 0 spiro atoms. The second-order valence-corrected chi connectivity index (χ2v) is 2.81. The summed E-state index contributed by atoms with van der Waals surface area (Å²) in [5.41, 5.74) is 0. The largest absolute Gasteiger partial charge is 0.385 e. The molecule has 3 nitrogen and oxygen atoms in total. The molecule has 0 saturated carbocycles. The molecule has 0 aromatic carbocycles. The predicted molar refractivity (Wildman–Crippen MR) is 44.5 cm³/mol. The van der Waals surface area contributed by atoms with Crippen molar-refractivity contribution in [3.63, 3.8) is 0 Å². The Hall–Kier alpha value is -0.710. The number of amides is 1. The van der Waals surface area contributed by atoms with E-state index in [2.05, 4.69) is 5.32 Å². The second kappa shape index (κ2) is 6.77. The van der Waals surface area contributed by atoms with E-state index in [0.29, 0.717) is 6.42 Å². The van der Waals surface area contributed by atoms with Gasteiger partial charge in [-0.1, -0.05) is 13.3 Å². The summed E-state index contributed by atoms with van der Waals surface area (Å²) in [5, 5.41) is 10.9. The first-order chi connectivity index (χ1) is 6.07. The zero-order valence-corrected chi connectivity index (χ0v) is 7.59. The highest BCUT2D eigenvalue weighted by Crippen LogP contribution is 1.99. The fourth-order valence-electron chi connectivity index (χ4n) is 0.733. The van der Waals surface area contributed by atoms with Crippen molar-refractivity contribution in [2.75, 3.05) is 6.54 Å². The Balaban J connectivity index is 3.46. The van der Waals surface area contributed by atoms with Crippen LogP contribution in [-0.2, 0) is 4.79 Å². The highest BCUT2D eigenvalue weighted by Gasteiger charge is 2.16. The summed E-state index contributed by atoms with van der Waals surface area (Å²) in [6, 6.07) is 0. The summed E-state index contributed by atoms with van der Waals surface area (Å²) in [6.07, 6.45) is -2.62. The standard InChI is InChI=1S/C8H15F2NO2/c1-2-3-4-7(13)11-5-6(12)8(9)10/h6,8,12H,2-5H2,1H3,(H,11,13). The van der Waals surface area contributed by atoms with E-state index in [0.717, 1.165) is 12.8 Å². The van der Waals surface area contributed by atoms with Crippen LogP contribution in [-0.4, -0.2) is 30.1 Å². The van der Waals surface area contributed by atoms with E-state index >= 15 is 0 Å². The lowest BCUT2D eigenvalue weighted by Gasteiger charge is -2.10.